The number of nitrogens with zero attached hydrogens (tertiary/aromatic N) is 2. The first kappa shape index (κ1) is 21.3. The Morgan fingerprint density at radius 2 is 1.54 bits per heavy atom. The standard InChI is InChI=1S/C18H23Cl2N3O2.ClH/c19-13-4-5-14(15(20)12-13)16(24)22-8-10-23(11-9-22)17(25)18(21)6-2-1-3-7-18;/h4-5,12H,1-3,6-11,21H2;1H. The van der Waals surface area contributed by atoms with E-state index in [1.165, 1.54) is 0 Å². The fourth-order valence-electron chi connectivity index (χ4n) is 3.66. The first-order valence-corrected chi connectivity index (χ1v) is 9.49. The molecule has 0 unspecified atom stereocenters. The summed E-state index contributed by atoms with van der Waals surface area (Å²) in [6.07, 6.45) is 4.68. The molecule has 1 aliphatic carbocycles. The molecular formula is C18H24Cl3N3O2. The summed E-state index contributed by atoms with van der Waals surface area (Å²) in [5.41, 5.74) is 6.07. The summed E-state index contributed by atoms with van der Waals surface area (Å²) in [7, 11) is 0. The predicted octanol–water partition coefficient (Wildman–Crippen LogP) is 3.36. The molecule has 0 atom stereocenters. The van der Waals surface area contributed by atoms with E-state index >= 15 is 0 Å². The van der Waals surface area contributed by atoms with Crippen molar-refractivity contribution in [2.24, 2.45) is 5.73 Å². The summed E-state index contributed by atoms with van der Waals surface area (Å²) < 4.78 is 0. The molecule has 1 saturated heterocycles. The Morgan fingerprint density at radius 3 is 2.12 bits per heavy atom. The second-order valence-corrected chi connectivity index (χ2v) is 7.77. The van der Waals surface area contributed by atoms with Crippen LogP contribution in [0.1, 0.15) is 42.5 Å². The lowest BCUT2D eigenvalue weighted by molar-refractivity contribution is -0.139. The second-order valence-electron chi connectivity index (χ2n) is 6.93. The van der Waals surface area contributed by atoms with E-state index in [-0.39, 0.29) is 24.2 Å². The fourth-order valence-corrected chi connectivity index (χ4v) is 4.15. The summed E-state index contributed by atoms with van der Waals surface area (Å²) in [5, 5.41) is 0.844. The number of hydrogen-bond acceptors (Lipinski definition) is 3. The van der Waals surface area contributed by atoms with Crippen LogP contribution in [0.4, 0.5) is 0 Å². The van der Waals surface area contributed by atoms with Crippen LogP contribution in [0.3, 0.4) is 0 Å². The summed E-state index contributed by atoms with van der Waals surface area (Å²) in [6, 6.07) is 4.86. The van der Waals surface area contributed by atoms with Gasteiger partial charge in [-0.05, 0) is 31.0 Å². The number of piperazine rings is 1. The van der Waals surface area contributed by atoms with Gasteiger partial charge < -0.3 is 15.5 Å². The normalized spacial score (nSPS) is 19.7. The molecule has 144 valence electrons. The molecule has 1 aliphatic heterocycles. The number of amides is 2. The highest BCUT2D eigenvalue weighted by molar-refractivity contribution is 6.36. The van der Waals surface area contributed by atoms with E-state index in [2.05, 4.69) is 0 Å². The van der Waals surface area contributed by atoms with Crippen LogP contribution in [0.5, 0.6) is 0 Å². The quantitative estimate of drug-likeness (QED) is 0.798. The van der Waals surface area contributed by atoms with Crippen LogP contribution in [-0.4, -0.2) is 53.3 Å². The maximum Gasteiger partial charge on any atom is 0.255 e. The van der Waals surface area contributed by atoms with Gasteiger partial charge in [-0.15, -0.1) is 12.4 Å². The van der Waals surface area contributed by atoms with Crippen LogP contribution in [-0.2, 0) is 4.79 Å². The van der Waals surface area contributed by atoms with Gasteiger partial charge in [0.2, 0.25) is 5.91 Å². The minimum Gasteiger partial charge on any atom is -0.338 e. The van der Waals surface area contributed by atoms with E-state index in [0.717, 1.165) is 32.1 Å². The summed E-state index contributed by atoms with van der Waals surface area (Å²) in [5.74, 6) is -0.0993. The van der Waals surface area contributed by atoms with Crippen molar-refractivity contribution in [1.29, 1.82) is 0 Å². The topological polar surface area (TPSA) is 66.6 Å². The van der Waals surface area contributed by atoms with E-state index in [1.807, 2.05) is 0 Å². The first-order valence-electron chi connectivity index (χ1n) is 8.73. The van der Waals surface area contributed by atoms with Gasteiger partial charge in [-0.1, -0.05) is 42.5 Å². The molecule has 1 heterocycles. The molecule has 0 bridgehead atoms. The Balaban J connectivity index is 0.00000243. The highest BCUT2D eigenvalue weighted by atomic mass is 35.5. The third kappa shape index (κ3) is 4.45. The monoisotopic (exact) mass is 419 g/mol. The molecule has 2 N–H and O–H groups in total. The zero-order valence-electron chi connectivity index (χ0n) is 14.5. The average Bonchev–Trinajstić information content (AvgIpc) is 2.61. The van der Waals surface area contributed by atoms with E-state index in [4.69, 9.17) is 28.9 Å². The van der Waals surface area contributed by atoms with Crippen LogP contribution >= 0.6 is 35.6 Å². The number of rotatable bonds is 2. The Morgan fingerprint density at radius 1 is 0.962 bits per heavy atom. The van der Waals surface area contributed by atoms with Gasteiger partial charge in [0.05, 0.1) is 16.1 Å². The smallest absolute Gasteiger partial charge is 0.255 e. The molecule has 2 aliphatic rings. The molecule has 0 aromatic heterocycles. The Hall–Kier alpha value is -1.01. The van der Waals surface area contributed by atoms with Crippen molar-refractivity contribution < 1.29 is 9.59 Å². The third-order valence-electron chi connectivity index (χ3n) is 5.19. The van der Waals surface area contributed by atoms with Crippen molar-refractivity contribution >= 4 is 47.4 Å². The van der Waals surface area contributed by atoms with Crippen LogP contribution in [0, 0.1) is 0 Å². The summed E-state index contributed by atoms with van der Waals surface area (Å²) in [4.78, 5) is 28.9. The minimum absolute atomic E-state index is 0. The Bertz CT molecular complexity index is 670. The van der Waals surface area contributed by atoms with Crippen LogP contribution in [0.15, 0.2) is 18.2 Å². The molecule has 26 heavy (non-hydrogen) atoms. The highest BCUT2D eigenvalue weighted by Gasteiger charge is 2.39. The van der Waals surface area contributed by atoms with Crippen LogP contribution in [0.2, 0.25) is 10.0 Å². The lowest BCUT2D eigenvalue weighted by atomic mass is 9.81. The molecule has 2 amide bonds. The van der Waals surface area contributed by atoms with Gasteiger partial charge >= 0.3 is 0 Å². The number of carbonyl (C=O) groups excluding carboxylic acids is 2. The van der Waals surface area contributed by atoms with Gasteiger partial charge in [0, 0.05) is 31.2 Å². The largest absolute Gasteiger partial charge is 0.338 e. The van der Waals surface area contributed by atoms with E-state index in [0.29, 0.717) is 41.8 Å². The molecule has 1 aromatic rings. The van der Waals surface area contributed by atoms with E-state index in [1.54, 1.807) is 28.0 Å². The van der Waals surface area contributed by atoms with Gasteiger partial charge in [0.25, 0.3) is 5.91 Å². The van der Waals surface area contributed by atoms with Crippen molar-refractivity contribution in [3.8, 4) is 0 Å². The van der Waals surface area contributed by atoms with Crippen LogP contribution < -0.4 is 5.73 Å². The van der Waals surface area contributed by atoms with Crippen molar-refractivity contribution in [1.82, 2.24) is 9.80 Å². The maximum atomic E-state index is 12.8. The average molecular weight is 421 g/mol. The molecule has 1 saturated carbocycles. The molecular weight excluding hydrogens is 397 g/mol. The van der Waals surface area contributed by atoms with Crippen molar-refractivity contribution in [3.05, 3.63) is 33.8 Å². The molecule has 1 aromatic carbocycles. The fraction of sp³-hybridized carbons (Fsp3) is 0.556. The first-order chi connectivity index (χ1) is 11.9. The number of nitrogens with two attached hydrogens (primary N) is 1. The van der Waals surface area contributed by atoms with Gasteiger partial charge in [-0.3, -0.25) is 9.59 Å². The SMILES string of the molecule is Cl.NC1(C(=O)N2CCN(C(=O)c3ccc(Cl)cc3Cl)CC2)CCCCC1. The summed E-state index contributed by atoms with van der Waals surface area (Å²) >= 11 is 12.0. The molecule has 0 radical (unpaired) electrons. The number of carbonyl (C=O) groups is 2. The lowest BCUT2D eigenvalue weighted by Crippen LogP contribution is -2.60. The van der Waals surface area contributed by atoms with E-state index < -0.39 is 5.54 Å². The van der Waals surface area contributed by atoms with Crippen molar-refractivity contribution in [3.63, 3.8) is 0 Å². The molecule has 5 nitrogen and oxygen atoms in total. The van der Waals surface area contributed by atoms with Crippen molar-refractivity contribution in [2.75, 3.05) is 26.2 Å². The van der Waals surface area contributed by atoms with Crippen molar-refractivity contribution in [2.45, 2.75) is 37.6 Å². The maximum absolute atomic E-state index is 12.8. The minimum atomic E-state index is -0.718. The zero-order chi connectivity index (χ0) is 18.0. The Kier molecular flexibility index (Phi) is 7.19. The molecule has 3 rings (SSSR count). The lowest BCUT2D eigenvalue weighted by Gasteiger charge is -2.41. The third-order valence-corrected chi connectivity index (χ3v) is 5.74. The molecule has 0 spiro atoms. The molecule has 8 heteroatoms. The van der Waals surface area contributed by atoms with Gasteiger partial charge in [-0.2, -0.15) is 0 Å². The predicted molar refractivity (Wildman–Crippen MR) is 106 cm³/mol. The summed E-state index contributed by atoms with van der Waals surface area (Å²) in [6.45, 7) is 1.99. The highest BCUT2D eigenvalue weighted by Crippen LogP contribution is 2.28. The number of benzene rings is 1. The van der Waals surface area contributed by atoms with Crippen LogP contribution in [0.25, 0.3) is 0 Å². The Labute approximate surface area is 170 Å². The van der Waals surface area contributed by atoms with Gasteiger partial charge in [0.15, 0.2) is 0 Å². The number of halogens is 3. The van der Waals surface area contributed by atoms with Gasteiger partial charge in [-0.25, -0.2) is 0 Å². The van der Waals surface area contributed by atoms with Gasteiger partial charge in [0.1, 0.15) is 0 Å². The van der Waals surface area contributed by atoms with E-state index in [9.17, 15) is 9.59 Å². The zero-order valence-corrected chi connectivity index (χ0v) is 16.9. The number of hydrogen-bond donors (Lipinski definition) is 1. The second kappa shape index (κ2) is 8.79. The molecule has 2 fully saturated rings.